The third-order valence-corrected chi connectivity index (χ3v) is 4.21. The van der Waals surface area contributed by atoms with Crippen LogP contribution in [0.15, 0.2) is 60.9 Å². The van der Waals surface area contributed by atoms with E-state index >= 15 is 0 Å². The molecular formula is C21H21N5O2. The van der Waals surface area contributed by atoms with Crippen molar-refractivity contribution in [3.05, 3.63) is 77.9 Å². The normalized spacial score (nSPS) is 10.3. The van der Waals surface area contributed by atoms with Gasteiger partial charge in [0.1, 0.15) is 31.3 Å². The Balaban J connectivity index is 1.55. The van der Waals surface area contributed by atoms with Crippen LogP contribution in [0.1, 0.15) is 23.9 Å². The summed E-state index contributed by atoms with van der Waals surface area (Å²) < 4.78 is 7.17. The average Bonchev–Trinajstić information content (AvgIpc) is 3.19. The molecule has 28 heavy (non-hydrogen) atoms. The highest BCUT2D eigenvalue weighted by atomic mass is 16.5. The maximum atomic E-state index is 12.5. The van der Waals surface area contributed by atoms with Crippen molar-refractivity contribution >= 4 is 5.91 Å². The van der Waals surface area contributed by atoms with E-state index in [9.17, 15) is 4.79 Å². The third kappa shape index (κ3) is 5.17. The quantitative estimate of drug-likeness (QED) is 0.604. The summed E-state index contributed by atoms with van der Waals surface area (Å²) in [5, 5.41) is 12.7. The Morgan fingerprint density at radius 2 is 1.89 bits per heavy atom. The van der Waals surface area contributed by atoms with Gasteiger partial charge in [-0.25, -0.2) is 9.67 Å². The van der Waals surface area contributed by atoms with Crippen LogP contribution in [0, 0.1) is 11.3 Å². The lowest BCUT2D eigenvalue weighted by atomic mass is 10.2. The fourth-order valence-corrected chi connectivity index (χ4v) is 2.69. The molecule has 2 aromatic carbocycles. The molecule has 1 aromatic heterocycles. The van der Waals surface area contributed by atoms with Crippen molar-refractivity contribution in [3.63, 3.8) is 0 Å². The SMILES string of the molecule is CCN(Cc1ccc(OCc2ccccc2)cc1)C(=O)Cn1cnc(C#N)n1. The van der Waals surface area contributed by atoms with E-state index in [2.05, 4.69) is 10.1 Å². The number of likely N-dealkylation sites (N-methyl/N-ethyl adjacent to an activating group) is 1. The Bertz CT molecular complexity index is 945. The van der Waals surface area contributed by atoms with Gasteiger partial charge in [0, 0.05) is 13.1 Å². The van der Waals surface area contributed by atoms with E-state index < -0.39 is 0 Å². The van der Waals surface area contributed by atoms with Crippen molar-refractivity contribution in [2.24, 2.45) is 0 Å². The lowest BCUT2D eigenvalue weighted by Crippen LogP contribution is -2.33. The molecule has 0 aliphatic rings. The molecule has 3 rings (SSSR count). The Morgan fingerprint density at radius 3 is 2.54 bits per heavy atom. The number of carbonyl (C=O) groups is 1. The number of nitriles is 1. The number of benzene rings is 2. The first kappa shape index (κ1) is 19.1. The summed E-state index contributed by atoms with van der Waals surface area (Å²) in [4.78, 5) is 18.0. The molecule has 1 heterocycles. The van der Waals surface area contributed by atoms with Gasteiger partial charge in [0.15, 0.2) is 0 Å². The monoisotopic (exact) mass is 375 g/mol. The molecule has 0 unspecified atom stereocenters. The van der Waals surface area contributed by atoms with Gasteiger partial charge in [-0.2, -0.15) is 5.26 Å². The van der Waals surface area contributed by atoms with Gasteiger partial charge in [0.2, 0.25) is 5.91 Å². The summed E-state index contributed by atoms with van der Waals surface area (Å²) in [6, 6.07) is 19.6. The van der Waals surface area contributed by atoms with Gasteiger partial charge >= 0.3 is 0 Å². The molecule has 1 amide bonds. The summed E-state index contributed by atoms with van der Waals surface area (Å²) in [6.45, 7) is 3.57. The number of hydrogen-bond acceptors (Lipinski definition) is 5. The van der Waals surface area contributed by atoms with Crippen molar-refractivity contribution in [1.29, 1.82) is 5.26 Å². The van der Waals surface area contributed by atoms with Gasteiger partial charge in [-0.15, -0.1) is 5.10 Å². The van der Waals surface area contributed by atoms with E-state index in [1.165, 1.54) is 11.0 Å². The van der Waals surface area contributed by atoms with Gasteiger partial charge < -0.3 is 9.64 Å². The second-order valence-corrected chi connectivity index (χ2v) is 6.20. The zero-order valence-electron chi connectivity index (χ0n) is 15.7. The van der Waals surface area contributed by atoms with E-state index in [-0.39, 0.29) is 18.3 Å². The number of amides is 1. The van der Waals surface area contributed by atoms with Gasteiger partial charge in [-0.3, -0.25) is 4.79 Å². The van der Waals surface area contributed by atoms with Gasteiger partial charge in [0.05, 0.1) is 0 Å². The van der Waals surface area contributed by atoms with Gasteiger partial charge in [-0.05, 0) is 30.2 Å². The zero-order chi connectivity index (χ0) is 19.8. The molecule has 0 fully saturated rings. The van der Waals surface area contributed by atoms with Crippen LogP contribution in [0.4, 0.5) is 0 Å². The Hall–Kier alpha value is -3.66. The third-order valence-electron chi connectivity index (χ3n) is 4.21. The minimum atomic E-state index is -0.0821. The van der Waals surface area contributed by atoms with Gasteiger partial charge in [-0.1, -0.05) is 42.5 Å². The minimum absolute atomic E-state index is 0.0563. The smallest absolute Gasteiger partial charge is 0.252 e. The molecule has 0 N–H and O–H groups in total. The molecule has 0 radical (unpaired) electrons. The molecule has 142 valence electrons. The first-order chi connectivity index (χ1) is 13.7. The number of hydrogen-bond donors (Lipinski definition) is 0. The predicted octanol–water partition coefficient (Wildman–Crippen LogP) is 2.78. The van der Waals surface area contributed by atoms with E-state index in [1.807, 2.05) is 67.6 Å². The molecule has 0 saturated carbocycles. The highest BCUT2D eigenvalue weighted by Crippen LogP contribution is 2.15. The summed E-state index contributed by atoms with van der Waals surface area (Å²) in [5.74, 6) is 0.761. The second-order valence-electron chi connectivity index (χ2n) is 6.20. The van der Waals surface area contributed by atoms with Crippen molar-refractivity contribution < 1.29 is 9.53 Å². The lowest BCUT2D eigenvalue weighted by molar-refractivity contribution is -0.132. The highest BCUT2D eigenvalue weighted by molar-refractivity contribution is 5.75. The molecule has 0 atom stereocenters. The summed E-state index contributed by atoms with van der Waals surface area (Å²) in [5.41, 5.74) is 2.13. The van der Waals surface area contributed by atoms with E-state index in [0.717, 1.165) is 16.9 Å². The maximum absolute atomic E-state index is 12.5. The molecule has 7 heteroatoms. The lowest BCUT2D eigenvalue weighted by Gasteiger charge is -2.21. The van der Waals surface area contributed by atoms with Gasteiger partial charge in [0.25, 0.3) is 5.82 Å². The molecular weight excluding hydrogens is 354 g/mol. The van der Waals surface area contributed by atoms with Crippen molar-refractivity contribution in [1.82, 2.24) is 19.7 Å². The zero-order valence-corrected chi connectivity index (χ0v) is 15.7. The number of rotatable bonds is 8. The topological polar surface area (TPSA) is 84.0 Å². The van der Waals surface area contributed by atoms with E-state index in [4.69, 9.17) is 10.00 Å². The predicted molar refractivity (Wildman–Crippen MR) is 103 cm³/mol. The minimum Gasteiger partial charge on any atom is -0.489 e. The summed E-state index contributed by atoms with van der Waals surface area (Å²) >= 11 is 0. The van der Waals surface area contributed by atoms with Crippen molar-refractivity contribution in [2.45, 2.75) is 26.6 Å². The molecule has 0 aliphatic heterocycles. The molecule has 0 bridgehead atoms. The molecule has 0 spiro atoms. The first-order valence-electron chi connectivity index (χ1n) is 9.01. The number of nitrogens with zero attached hydrogens (tertiary/aromatic N) is 5. The fourth-order valence-electron chi connectivity index (χ4n) is 2.69. The van der Waals surface area contributed by atoms with E-state index in [0.29, 0.717) is 19.7 Å². The highest BCUT2D eigenvalue weighted by Gasteiger charge is 2.14. The largest absolute Gasteiger partial charge is 0.489 e. The molecule has 7 nitrogen and oxygen atoms in total. The van der Waals surface area contributed by atoms with Crippen LogP contribution < -0.4 is 4.74 Å². The fraction of sp³-hybridized carbons (Fsp3) is 0.238. The van der Waals surface area contributed by atoms with Crippen LogP contribution in [0.5, 0.6) is 5.75 Å². The average molecular weight is 375 g/mol. The van der Waals surface area contributed by atoms with Crippen LogP contribution in [0.3, 0.4) is 0 Å². The Labute approximate surface area is 163 Å². The summed E-state index contributed by atoms with van der Waals surface area (Å²) in [6.07, 6.45) is 1.39. The van der Waals surface area contributed by atoms with Crippen molar-refractivity contribution in [3.8, 4) is 11.8 Å². The summed E-state index contributed by atoms with van der Waals surface area (Å²) in [7, 11) is 0. The number of carbonyl (C=O) groups excluding carboxylic acids is 1. The first-order valence-corrected chi connectivity index (χ1v) is 9.01. The van der Waals surface area contributed by atoms with Crippen LogP contribution in [-0.4, -0.2) is 32.1 Å². The standard InChI is InChI=1S/C21H21N5O2/c1-2-25(21(27)14-26-16-23-20(12-22)24-26)13-17-8-10-19(11-9-17)28-15-18-6-4-3-5-7-18/h3-11,16H,2,13-15H2,1H3. The molecule has 0 saturated heterocycles. The number of aromatic nitrogens is 3. The second kappa shape index (κ2) is 9.33. The van der Waals surface area contributed by atoms with Crippen LogP contribution >= 0.6 is 0 Å². The van der Waals surface area contributed by atoms with Crippen LogP contribution in [0.25, 0.3) is 0 Å². The Kier molecular flexibility index (Phi) is 6.37. The molecule has 0 aliphatic carbocycles. The Morgan fingerprint density at radius 1 is 1.14 bits per heavy atom. The molecule has 3 aromatic rings. The van der Waals surface area contributed by atoms with E-state index in [1.54, 1.807) is 4.90 Å². The maximum Gasteiger partial charge on any atom is 0.252 e. The van der Waals surface area contributed by atoms with Crippen molar-refractivity contribution in [2.75, 3.05) is 6.54 Å². The number of ether oxygens (including phenoxy) is 1. The van der Waals surface area contributed by atoms with Crippen LogP contribution in [0.2, 0.25) is 0 Å². The van der Waals surface area contributed by atoms with Crippen LogP contribution in [-0.2, 0) is 24.5 Å².